The second-order valence-electron chi connectivity index (χ2n) is 10.0. The van der Waals surface area contributed by atoms with Crippen LogP contribution >= 0.6 is 0 Å². The number of hydrogen-bond donors (Lipinski definition) is 3. The molecular weight excluding hydrogens is 494 g/mol. The van der Waals surface area contributed by atoms with Crippen LogP contribution in [0.1, 0.15) is 18.4 Å². The Bertz CT molecular complexity index is 1660. The number of aromatic amines is 1. The molecule has 1 saturated carbocycles. The molecular formula is C30H25N5O4. The maximum Gasteiger partial charge on any atom is 0.405 e. The minimum Gasteiger partial charge on any atom is -0.465 e. The Balaban J connectivity index is 1.33. The molecule has 2 aromatic carbocycles. The highest BCUT2D eigenvalue weighted by Gasteiger charge is 2.60. The largest absolute Gasteiger partial charge is 0.465 e. The molecule has 5 aromatic rings. The number of hydrogen-bond acceptors (Lipinski definition) is 6. The summed E-state index contributed by atoms with van der Waals surface area (Å²) in [6.07, 6.45) is 5.12. The van der Waals surface area contributed by atoms with Gasteiger partial charge >= 0.3 is 6.09 Å². The molecule has 4 heterocycles. The summed E-state index contributed by atoms with van der Waals surface area (Å²) in [5.41, 5.74) is 6.39. The predicted molar refractivity (Wildman–Crippen MR) is 145 cm³/mol. The number of ether oxygens (including phenoxy) is 2. The molecule has 3 N–H and O–H groups in total. The van der Waals surface area contributed by atoms with Gasteiger partial charge in [0.1, 0.15) is 0 Å². The standard InChI is InChI=1S/C30H25N5O4/c36-28(37)35-29(17-30(18-29)38-12-13-39-30)22-8-6-20(7-9-22)27-23(19-4-2-1-3-5-19)14-24-25(34-27)10-11-31-26(24)21-15-32-33-16-21/h1-11,14-16,35H,12-13,17-18H2,(H,32,33)(H,36,37). The number of aromatic nitrogens is 4. The molecule has 194 valence electrons. The number of amides is 1. The van der Waals surface area contributed by atoms with E-state index in [-0.39, 0.29) is 0 Å². The summed E-state index contributed by atoms with van der Waals surface area (Å²) >= 11 is 0. The second kappa shape index (κ2) is 9.00. The Hall–Kier alpha value is -4.60. The maximum atomic E-state index is 11.7. The van der Waals surface area contributed by atoms with E-state index < -0.39 is 17.4 Å². The van der Waals surface area contributed by atoms with Crippen molar-refractivity contribution in [1.82, 2.24) is 25.5 Å². The molecule has 0 atom stereocenters. The number of nitrogens with zero attached hydrogens (tertiary/aromatic N) is 3. The van der Waals surface area contributed by atoms with Crippen LogP contribution < -0.4 is 5.32 Å². The average molecular weight is 520 g/mol. The van der Waals surface area contributed by atoms with Gasteiger partial charge in [-0.1, -0.05) is 54.6 Å². The molecule has 3 aromatic heterocycles. The number of nitrogens with one attached hydrogen (secondary N) is 2. The first kappa shape index (κ1) is 23.5. The Labute approximate surface area is 223 Å². The molecule has 1 aliphatic carbocycles. The van der Waals surface area contributed by atoms with Gasteiger partial charge in [-0.25, -0.2) is 9.78 Å². The molecule has 2 fully saturated rings. The fourth-order valence-electron chi connectivity index (χ4n) is 5.85. The first-order chi connectivity index (χ1) is 19.0. The third kappa shape index (κ3) is 4.03. The summed E-state index contributed by atoms with van der Waals surface area (Å²) in [4.78, 5) is 21.4. The SMILES string of the molecule is O=C(O)NC1(c2ccc(-c3nc4ccnc(-c5cn[nH]c5)c4cc3-c3ccccc3)cc2)CC2(C1)OCCO2. The van der Waals surface area contributed by atoms with Crippen molar-refractivity contribution in [2.24, 2.45) is 0 Å². The number of H-pyrrole nitrogens is 1. The lowest BCUT2D eigenvalue weighted by Crippen LogP contribution is -2.63. The van der Waals surface area contributed by atoms with E-state index >= 15 is 0 Å². The number of carbonyl (C=O) groups is 1. The molecule has 7 rings (SSSR count). The summed E-state index contributed by atoms with van der Waals surface area (Å²) in [6.45, 7) is 1.05. The zero-order valence-electron chi connectivity index (χ0n) is 20.9. The lowest BCUT2D eigenvalue weighted by molar-refractivity contribution is -0.244. The van der Waals surface area contributed by atoms with Gasteiger partial charge < -0.3 is 19.9 Å². The van der Waals surface area contributed by atoms with E-state index in [4.69, 9.17) is 14.5 Å². The van der Waals surface area contributed by atoms with E-state index in [0.717, 1.165) is 50.1 Å². The first-order valence-electron chi connectivity index (χ1n) is 12.8. The van der Waals surface area contributed by atoms with Crippen molar-refractivity contribution in [3.05, 3.63) is 90.9 Å². The fraction of sp³-hybridized carbons (Fsp3) is 0.200. The number of benzene rings is 2. The minimum absolute atomic E-state index is 0.429. The number of fused-ring (bicyclic) bond motifs is 1. The van der Waals surface area contributed by atoms with Crippen molar-refractivity contribution in [1.29, 1.82) is 0 Å². The highest BCUT2D eigenvalue weighted by atomic mass is 16.7. The molecule has 0 radical (unpaired) electrons. The van der Waals surface area contributed by atoms with Crippen molar-refractivity contribution in [3.63, 3.8) is 0 Å². The third-order valence-electron chi connectivity index (χ3n) is 7.61. The molecule has 0 unspecified atom stereocenters. The Morgan fingerprint density at radius 1 is 0.923 bits per heavy atom. The van der Waals surface area contributed by atoms with Gasteiger partial charge in [0.05, 0.1) is 41.9 Å². The van der Waals surface area contributed by atoms with E-state index in [2.05, 4.69) is 38.7 Å². The second-order valence-corrected chi connectivity index (χ2v) is 10.0. The van der Waals surface area contributed by atoms with E-state index in [9.17, 15) is 9.90 Å². The summed E-state index contributed by atoms with van der Waals surface area (Å²) in [5, 5.41) is 20.2. The van der Waals surface area contributed by atoms with Gasteiger partial charge in [0.25, 0.3) is 0 Å². The zero-order chi connectivity index (χ0) is 26.5. The van der Waals surface area contributed by atoms with Crippen LogP contribution in [0.3, 0.4) is 0 Å². The molecule has 1 spiro atoms. The van der Waals surface area contributed by atoms with Gasteiger partial charge in [0.2, 0.25) is 0 Å². The van der Waals surface area contributed by atoms with Crippen LogP contribution in [0.2, 0.25) is 0 Å². The smallest absolute Gasteiger partial charge is 0.405 e. The first-order valence-corrected chi connectivity index (χ1v) is 12.8. The van der Waals surface area contributed by atoms with Gasteiger partial charge in [-0.2, -0.15) is 5.10 Å². The van der Waals surface area contributed by atoms with E-state index in [1.54, 1.807) is 12.4 Å². The van der Waals surface area contributed by atoms with Crippen molar-refractivity contribution in [3.8, 4) is 33.6 Å². The van der Waals surface area contributed by atoms with Crippen molar-refractivity contribution >= 4 is 17.0 Å². The minimum atomic E-state index is -1.07. The zero-order valence-corrected chi connectivity index (χ0v) is 20.9. The third-order valence-corrected chi connectivity index (χ3v) is 7.61. The molecule has 0 bridgehead atoms. The lowest BCUT2D eigenvalue weighted by Gasteiger charge is -2.52. The van der Waals surface area contributed by atoms with Crippen molar-refractivity contribution in [2.45, 2.75) is 24.2 Å². The Kier molecular flexibility index (Phi) is 5.43. The van der Waals surface area contributed by atoms with Gasteiger partial charge in [0, 0.05) is 47.3 Å². The van der Waals surface area contributed by atoms with Crippen LogP contribution in [-0.2, 0) is 15.0 Å². The van der Waals surface area contributed by atoms with Gasteiger partial charge in [-0.15, -0.1) is 0 Å². The topological polar surface area (TPSA) is 122 Å². The molecule has 9 heteroatoms. The van der Waals surface area contributed by atoms with E-state index in [1.807, 2.05) is 54.7 Å². The van der Waals surface area contributed by atoms with Crippen molar-refractivity contribution < 1.29 is 19.4 Å². The average Bonchev–Trinajstić information content (AvgIpc) is 3.65. The van der Waals surface area contributed by atoms with Crippen LogP contribution in [0.4, 0.5) is 4.79 Å². The Morgan fingerprint density at radius 2 is 1.69 bits per heavy atom. The normalized spacial score (nSPS) is 17.2. The monoisotopic (exact) mass is 519 g/mol. The van der Waals surface area contributed by atoms with Gasteiger partial charge in [-0.05, 0) is 23.3 Å². The highest BCUT2D eigenvalue weighted by Crippen LogP contribution is 2.53. The predicted octanol–water partition coefficient (Wildman–Crippen LogP) is 5.35. The molecule has 9 nitrogen and oxygen atoms in total. The van der Waals surface area contributed by atoms with E-state index in [1.165, 1.54) is 0 Å². The van der Waals surface area contributed by atoms with Gasteiger partial charge in [0.15, 0.2) is 5.79 Å². The highest BCUT2D eigenvalue weighted by molar-refractivity contribution is 5.98. The summed E-state index contributed by atoms with van der Waals surface area (Å²) in [5.74, 6) is -0.706. The summed E-state index contributed by atoms with van der Waals surface area (Å²) in [7, 11) is 0. The molecule has 39 heavy (non-hydrogen) atoms. The van der Waals surface area contributed by atoms with Gasteiger partial charge in [-0.3, -0.25) is 10.1 Å². The quantitative estimate of drug-likeness (QED) is 0.286. The molecule has 1 aliphatic heterocycles. The van der Waals surface area contributed by atoms with Crippen molar-refractivity contribution in [2.75, 3.05) is 13.2 Å². The molecule has 1 saturated heterocycles. The Morgan fingerprint density at radius 3 is 2.38 bits per heavy atom. The van der Waals surface area contributed by atoms with Crippen LogP contribution in [0.15, 0.2) is 85.3 Å². The number of rotatable bonds is 5. The van der Waals surface area contributed by atoms with Crippen LogP contribution in [-0.4, -0.2) is 50.4 Å². The fourth-order valence-corrected chi connectivity index (χ4v) is 5.85. The summed E-state index contributed by atoms with van der Waals surface area (Å²) in [6, 6.07) is 22.1. The summed E-state index contributed by atoms with van der Waals surface area (Å²) < 4.78 is 11.6. The number of pyridine rings is 2. The molecule has 2 aliphatic rings. The van der Waals surface area contributed by atoms with Crippen LogP contribution in [0.25, 0.3) is 44.5 Å². The number of carboxylic acid groups (broad SMARTS) is 1. The van der Waals surface area contributed by atoms with Crippen LogP contribution in [0.5, 0.6) is 0 Å². The lowest BCUT2D eigenvalue weighted by atomic mass is 9.67. The maximum absolute atomic E-state index is 11.7. The van der Waals surface area contributed by atoms with Crippen LogP contribution in [0, 0.1) is 0 Å². The molecule has 1 amide bonds. The van der Waals surface area contributed by atoms with E-state index in [0.29, 0.717) is 26.1 Å².